The highest BCUT2D eigenvalue weighted by molar-refractivity contribution is 6.36. The molecule has 8 heteroatoms. The summed E-state index contributed by atoms with van der Waals surface area (Å²) in [6.07, 6.45) is 0. The van der Waals surface area contributed by atoms with Crippen LogP contribution in [-0.2, 0) is 11.3 Å². The molecule has 29 heavy (non-hydrogen) atoms. The number of hydrogen-bond acceptors (Lipinski definition) is 4. The van der Waals surface area contributed by atoms with Crippen LogP contribution in [0.2, 0.25) is 10.0 Å². The number of carbonyl (C=O) groups excluding carboxylic acids is 1. The van der Waals surface area contributed by atoms with Crippen LogP contribution in [0.25, 0.3) is 0 Å². The standard InChI is InChI=1S/C21H25Cl2N3O3/c1-28-20-5-3-2-4-16(20)15-26(9-8-25-10-12-29-13-11-25)21(27)24-19-7-6-17(22)14-18(19)23/h2-7,14H,8-13,15H2,1H3,(H,24,27). The summed E-state index contributed by atoms with van der Waals surface area (Å²) in [5.41, 5.74) is 1.46. The highest BCUT2D eigenvalue weighted by atomic mass is 35.5. The number of hydrogen-bond donors (Lipinski definition) is 1. The van der Waals surface area contributed by atoms with Gasteiger partial charge in [0, 0.05) is 36.8 Å². The van der Waals surface area contributed by atoms with Crippen molar-refractivity contribution in [3.05, 3.63) is 58.1 Å². The van der Waals surface area contributed by atoms with Crippen LogP contribution in [-0.4, -0.2) is 62.3 Å². The molecule has 2 aromatic carbocycles. The molecule has 1 aliphatic rings. The van der Waals surface area contributed by atoms with E-state index in [4.69, 9.17) is 32.7 Å². The fourth-order valence-corrected chi connectivity index (χ4v) is 3.62. The number of urea groups is 1. The van der Waals surface area contributed by atoms with Crippen LogP contribution >= 0.6 is 23.2 Å². The number of benzene rings is 2. The van der Waals surface area contributed by atoms with Gasteiger partial charge < -0.3 is 19.7 Å². The number of nitrogens with zero attached hydrogens (tertiary/aromatic N) is 2. The molecule has 1 heterocycles. The second-order valence-electron chi connectivity index (χ2n) is 6.74. The quantitative estimate of drug-likeness (QED) is 0.698. The summed E-state index contributed by atoms with van der Waals surface area (Å²) in [4.78, 5) is 17.1. The first-order chi connectivity index (χ1) is 14.1. The monoisotopic (exact) mass is 437 g/mol. The lowest BCUT2D eigenvalue weighted by Gasteiger charge is -2.30. The maximum atomic E-state index is 13.1. The number of ether oxygens (including phenoxy) is 2. The van der Waals surface area contributed by atoms with Gasteiger partial charge in [-0.2, -0.15) is 0 Å². The van der Waals surface area contributed by atoms with Crippen LogP contribution in [0.1, 0.15) is 5.56 Å². The van der Waals surface area contributed by atoms with Gasteiger partial charge in [0.1, 0.15) is 5.75 Å². The molecule has 2 aromatic rings. The van der Waals surface area contributed by atoms with Crippen LogP contribution < -0.4 is 10.1 Å². The predicted molar refractivity (Wildman–Crippen MR) is 116 cm³/mol. The molecule has 0 unspecified atom stereocenters. The first-order valence-corrected chi connectivity index (χ1v) is 10.3. The highest BCUT2D eigenvalue weighted by Crippen LogP contribution is 2.26. The van der Waals surface area contributed by atoms with Gasteiger partial charge in [0.15, 0.2) is 0 Å². The van der Waals surface area contributed by atoms with Gasteiger partial charge in [0.2, 0.25) is 0 Å². The van der Waals surface area contributed by atoms with Gasteiger partial charge in [-0.15, -0.1) is 0 Å². The fraction of sp³-hybridized carbons (Fsp3) is 0.381. The molecule has 1 aliphatic heterocycles. The summed E-state index contributed by atoms with van der Waals surface area (Å²) in [5.74, 6) is 0.751. The normalized spacial score (nSPS) is 14.4. The third-order valence-corrected chi connectivity index (χ3v) is 5.35. The molecule has 0 aliphatic carbocycles. The largest absolute Gasteiger partial charge is 0.496 e. The van der Waals surface area contributed by atoms with Gasteiger partial charge in [-0.3, -0.25) is 4.90 Å². The fourth-order valence-electron chi connectivity index (χ4n) is 3.16. The molecule has 0 radical (unpaired) electrons. The van der Waals surface area contributed by atoms with Gasteiger partial charge in [0.05, 0.1) is 37.6 Å². The van der Waals surface area contributed by atoms with Crippen molar-refractivity contribution in [1.82, 2.24) is 9.80 Å². The topological polar surface area (TPSA) is 54.0 Å². The molecule has 6 nitrogen and oxygen atoms in total. The Morgan fingerprint density at radius 2 is 1.97 bits per heavy atom. The van der Waals surface area contributed by atoms with E-state index in [-0.39, 0.29) is 6.03 Å². The van der Waals surface area contributed by atoms with Crippen molar-refractivity contribution in [2.24, 2.45) is 0 Å². The van der Waals surface area contributed by atoms with Crippen LogP contribution in [0.3, 0.4) is 0 Å². The van der Waals surface area contributed by atoms with Crippen LogP contribution in [0.15, 0.2) is 42.5 Å². The Bertz CT molecular complexity index is 829. The van der Waals surface area contributed by atoms with Crippen LogP contribution in [0.5, 0.6) is 5.75 Å². The molecule has 0 bridgehead atoms. The van der Waals surface area contributed by atoms with E-state index in [9.17, 15) is 4.79 Å². The molecule has 1 fully saturated rings. The van der Waals surface area contributed by atoms with Gasteiger partial charge >= 0.3 is 6.03 Å². The molecule has 0 spiro atoms. The number of carbonyl (C=O) groups is 1. The van der Waals surface area contributed by atoms with Crippen molar-refractivity contribution in [1.29, 1.82) is 0 Å². The van der Waals surface area contributed by atoms with Gasteiger partial charge in [-0.05, 0) is 24.3 Å². The van der Waals surface area contributed by atoms with Crippen molar-refractivity contribution >= 4 is 34.9 Å². The summed E-state index contributed by atoms with van der Waals surface area (Å²) in [5, 5.41) is 3.81. The molecular formula is C21H25Cl2N3O3. The average molecular weight is 438 g/mol. The van der Waals surface area contributed by atoms with Gasteiger partial charge in [-0.25, -0.2) is 4.79 Å². The minimum Gasteiger partial charge on any atom is -0.496 e. The Morgan fingerprint density at radius 3 is 2.69 bits per heavy atom. The third kappa shape index (κ3) is 6.24. The SMILES string of the molecule is COc1ccccc1CN(CCN1CCOCC1)C(=O)Nc1ccc(Cl)cc1Cl. The zero-order valence-electron chi connectivity index (χ0n) is 16.4. The summed E-state index contributed by atoms with van der Waals surface area (Å²) in [6.45, 7) is 4.93. The zero-order chi connectivity index (χ0) is 20.6. The number of halogens is 2. The maximum absolute atomic E-state index is 13.1. The lowest BCUT2D eigenvalue weighted by Crippen LogP contribution is -2.44. The van der Waals surface area contributed by atoms with E-state index in [1.807, 2.05) is 24.3 Å². The smallest absolute Gasteiger partial charge is 0.322 e. The molecule has 0 saturated carbocycles. The van der Waals surface area contributed by atoms with Crippen LogP contribution in [0.4, 0.5) is 10.5 Å². The third-order valence-electron chi connectivity index (χ3n) is 4.80. The number of methoxy groups -OCH3 is 1. The summed E-state index contributed by atoms with van der Waals surface area (Å²) in [7, 11) is 1.63. The molecule has 0 aromatic heterocycles. The Kier molecular flexibility index (Phi) is 8.00. The highest BCUT2D eigenvalue weighted by Gasteiger charge is 2.19. The number of rotatable bonds is 7. The Balaban J connectivity index is 1.73. The first kappa shape index (κ1) is 21.7. The summed E-state index contributed by atoms with van der Waals surface area (Å²) in [6, 6.07) is 12.5. The van der Waals surface area contributed by atoms with Crippen molar-refractivity contribution < 1.29 is 14.3 Å². The molecule has 1 saturated heterocycles. The molecule has 0 atom stereocenters. The van der Waals surface area contributed by atoms with Crippen molar-refractivity contribution in [3.8, 4) is 5.75 Å². The summed E-state index contributed by atoms with van der Waals surface area (Å²) >= 11 is 12.2. The molecule has 3 rings (SSSR count). The van der Waals surface area contributed by atoms with E-state index >= 15 is 0 Å². The van der Waals surface area contributed by atoms with Crippen molar-refractivity contribution in [2.45, 2.75) is 6.54 Å². The minimum absolute atomic E-state index is 0.228. The molecular weight excluding hydrogens is 413 g/mol. The lowest BCUT2D eigenvalue weighted by molar-refractivity contribution is 0.0349. The van der Waals surface area contributed by atoms with Gasteiger partial charge in [0.25, 0.3) is 0 Å². The van der Waals surface area contributed by atoms with Crippen molar-refractivity contribution in [3.63, 3.8) is 0 Å². The second kappa shape index (κ2) is 10.7. The molecule has 156 valence electrons. The molecule has 1 N–H and O–H groups in total. The van der Waals surface area contributed by atoms with E-state index in [1.54, 1.807) is 30.2 Å². The Labute approximate surface area is 181 Å². The number of morpholine rings is 1. The Hall–Kier alpha value is -1.99. The number of nitrogens with one attached hydrogen (secondary N) is 1. The first-order valence-electron chi connectivity index (χ1n) is 9.50. The predicted octanol–water partition coefficient (Wildman–Crippen LogP) is 4.37. The maximum Gasteiger partial charge on any atom is 0.322 e. The molecule has 2 amide bonds. The van der Waals surface area contributed by atoms with E-state index in [1.165, 1.54) is 0 Å². The average Bonchev–Trinajstić information content (AvgIpc) is 2.74. The second-order valence-corrected chi connectivity index (χ2v) is 7.59. The van der Waals surface area contributed by atoms with Crippen LogP contribution in [0, 0.1) is 0 Å². The number of amides is 2. The minimum atomic E-state index is -0.228. The number of anilines is 1. The lowest BCUT2D eigenvalue weighted by atomic mass is 10.2. The van der Waals surface area contributed by atoms with E-state index in [0.29, 0.717) is 28.8 Å². The van der Waals surface area contributed by atoms with E-state index in [2.05, 4.69) is 10.2 Å². The van der Waals surface area contributed by atoms with Gasteiger partial charge in [-0.1, -0.05) is 41.4 Å². The van der Waals surface area contributed by atoms with Crippen molar-refractivity contribution in [2.75, 3.05) is 51.8 Å². The zero-order valence-corrected chi connectivity index (χ0v) is 17.9. The number of para-hydroxylation sites is 1. The van der Waals surface area contributed by atoms with E-state index < -0.39 is 0 Å². The summed E-state index contributed by atoms with van der Waals surface area (Å²) < 4.78 is 10.9. The van der Waals surface area contributed by atoms with E-state index in [0.717, 1.165) is 44.2 Å². The Morgan fingerprint density at radius 1 is 1.21 bits per heavy atom.